The summed E-state index contributed by atoms with van der Waals surface area (Å²) in [5.74, 6) is -0.186. The fraction of sp³-hybridized carbons (Fsp3) is 0.300. The highest BCUT2D eigenvalue weighted by atomic mass is 32.2. The van der Waals surface area contributed by atoms with Crippen molar-refractivity contribution in [2.45, 2.75) is 30.8 Å². The van der Waals surface area contributed by atoms with Crippen LogP contribution < -0.4 is 0 Å². The maximum absolute atomic E-state index is 12.4. The molecule has 2 heterocycles. The molecule has 1 aliphatic rings. The lowest BCUT2D eigenvalue weighted by Crippen LogP contribution is -2.46. The summed E-state index contributed by atoms with van der Waals surface area (Å²) in [6.07, 6.45) is 2.70. The molecule has 0 bridgehead atoms. The number of para-hydroxylation sites is 2. The van der Waals surface area contributed by atoms with Gasteiger partial charge in [-0.3, -0.25) is 9.69 Å². The van der Waals surface area contributed by atoms with Crippen molar-refractivity contribution in [2.75, 3.05) is 13.4 Å². The molecule has 0 radical (unpaired) electrons. The number of hydrogen-bond donors (Lipinski definition) is 0. The molecule has 4 rings (SSSR count). The molecule has 6 heteroatoms. The summed E-state index contributed by atoms with van der Waals surface area (Å²) < 4.78 is 7.27. The van der Waals surface area contributed by atoms with Gasteiger partial charge in [0, 0.05) is 6.54 Å². The molecule has 0 saturated carbocycles. The maximum atomic E-state index is 12.4. The third kappa shape index (κ3) is 2.99. The van der Waals surface area contributed by atoms with Crippen LogP contribution in [0.5, 0.6) is 0 Å². The molecule has 5 nitrogen and oxygen atoms in total. The average molecular weight is 367 g/mol. The number of methoxy groups -OCH3 is 1. The van der Waals surface area contributed by atoms with Gasteiger partial charge in [0.1, 0.15) is 6.04 Å². The van der Waals surface area contributed by atoms with Crippen LogP contribution in [0, 0.1) is 0 Å². The van der Waals surface area contributed by atoms with Gasteiger partial charge in [-0.25, -0.2) is 4.98 Å². The minimum Gasteiger partial charge on any atom is -0.468 e. The second-order valence-electron chi connectivity index (χ2n) is 6.42. The van der Waals surface area contributed by atoms with Crippen LogP contribution in [0.2, 0.25) is 0 Å². The summed E-state index contributed by atoms with van der Waals surface area (Å²) in [5, 5.41) is 0.952. The number of imidazole rings is 1. The standard InChI is InChI=1S/C20H21N3O2S/c1-25-19(24)18-11-14-7-3-4-8-15(14)12-22(18)13-23-17-10-6-5-9-16(17)21-20(23)26-2/h3-10,18H,11-13H2,1-2H3/t18-/m1/s1. The first-order valence-electron chi connectivity index (χ1n) is 8.59. The Morgan fingerprint density at radius 3 is 2.69 bits per heavy atom. The van der Waals surface area contributed by atoms with Crippen molar-refractivity contribution in [3.8, 4) is 0 Å². The predicted octanol–water partition coefficient (Wildman–Crippen LogP) is 3.32. The third-order valence-electron chi connectivity index (χ3n) is 4.94. The largest absolute Gasteiger partial charge is 0.468 e. The highest BCUT2D eigenvalue weighted by Gasteiger charge is 2.32. The van der Waals surface area contributed by atoms with E-state index in [1.807, 2.05) is 30.5 Å². The number of thioether (sulfide) groups is 1. The second-order valence-corrected chi connectivity index (χ2v) is 7.19. The second kappa shape index (κ2) is 7.13. The zero-order valence-electron chi connectivity index (χ0n) is 14.9. The summed E-state index contributed by atoms with van der Waals surface area (Å²) >= 11 is 1.62. The topological polar surface area (TPSA) is 47.4 Å². The summed E-state index contributed by atoms with van der Waals surface area (Å²) in [5.41, 5.74) is 4.55. The molecular formula is C20H21N3O2S. The van der Waals surface area contributed by atoms with Gasteiger partial charge in [0.05, 0.1) is 24.8 Å². The molecule has 0 aliphatic carbocycles. The van der Waals surface area contributed by atoms with Crippen LogP contribution in [-0.2, 0) is 29.2 Å². The Bertz CT molecular complexity index is 953. The molecule has 134 valence electrons. The van der Waals surface area contributed by atoms with Gasteiger partial charge in [0.2, 0.25) is 0 Å². The lowest BCUT2D eigenvalue weighted by molar-refractivity contribution is -0.148. The Morgan fingerprint density at radius 2 is 1.92 bits per heavy atom. The number of ether oxygens (including phenoxy) is 1. The normalized spacial score (nSPS) is 17.2. The van der Waals surface area contributed by atoms with Crippen molar-refractivity contribution >= 4 is 28.8 Å². The molecule has 0 spiro atoms. The van der Waals surface area contributed by atoms with E-state index in [4.69, 9.17) is 9.72 Å². The van der Waals surface area contributed by atoms with Crippen LogP contribution in [0.3, 0.4) is 0 Å². The molecule has 3 aromatic rings. The summed E-state index contributed by atoms with van der Waals surface area (Å²) in [7, 11) is 1.46. The minimum atomic E-state index is -0.286. The molecular weight excluding hydrogens is 346 g/mol. The van der Waals surface area contributed by atoms with E-state index in [1.165, 1.54) is 18.2 Å². The Hall–Kier alpha value is -2.31. The first-order chi connectivity index (χ1) is 12.7. The van der Waals surface area contributed by atoms with E-state index in [-0.39, 0.29) is 12.0 Å². The van der Waals surface area contributed by atoms with E-state index in [9.17, 15) is 4.79 Å². The van der Waals surface area contributed by atoms with E-state index in [2.05, 4.69) is 33.7 Å². The van der Waals surface area contributed by atoms with Gasteiger partial charge in [0.15, 0.2) is 5.16 Å². The summed E-state index contributed by atoms with van der Waals surface area (Å²) in [4.78, 5) is 19.3. The van der Waals surface area contributed by atoms with Crippen molar-refractivity contribution in [2.24, 2.45) is 0 Å². The number of nitrogens with zero attached hydrogens (tertiary/aromatic N) is 3. The fourth-order valence-electron chi connectivity index (χ4n) is 3.62. The molecule has 26 heavy (non-hydrogen) atoms. The van der Waals surface area contributed by atoms with Crippen LogP contribution >= 0.6 is 11.8 Å². The highest BCUT2D eigenvalue weighted by molar-refractivity contribution is 7.98. The fourth-order valence-corrected chi connectivity index (χ4v) is 4.19. The average Bonchev–Trinajstić information content (AvgIpc) is 3.04. The molecule has 0 unspecified atom stereocenters. The molecule has 0 saturated heterocycles. The minimum absolute atomic E-state index is 0.186. The van der Waals surface area contributed by atoms with Crippen molar-refractivity contribution in [3.63, 3.8) is 0 Å². The lowest BCUT2D eigenvalue weighted by Gasteiger charge is -2.35. The SMILES string of the molecule is COC(=O)[C@H]1Cc2ccccc2CN1Cn1c(SC)nc2ccccc21. The van der Waals surface area contributed by atoms with Crippen molar-refractivity contribution in [1.82, 2.24) is 14.5 Å². The number of esters is 1. The number of aromatic nitrogens is 2. The quantitative estimate of drug-likeness (QED) is 0.523. The zero-order valence-corrected chi connectivity index (χ0v) is 15.7. The van der Waals surface area contributed by atoms with Crippen LogP contribution in [0.25, 0.3) is 11.0 Å². The van der Waals surface area contributed by atoms with E-state index >= 15 is 0 Å². The first kappa shape index (κ1) is 17.1. The summed E-state index contributed by atoms with van der Waals surface area (Å²) in [6.45, 7) is 1.32. The third-order valence-corrected chi connectivity index (χ3v) is 5.62. The lowest BCUT2D eigenvalue weighted by atomic mass is 9.94. The van der Waals surface area contributed by atoms with E-state index in [0.29, 0.717) is 13.1 Å². The number of carbonyl (C=O) groups is 1. The van der Waals surface area contributed by atoms with E-state index in [0.717, 1.165) is 22.7 Å². The number of fused-ring (bicyclic) bond motifs is 2. The zero-order chi connectivity index (χ0) is 18.1. The number of carbonyl (C=O) groups excluding carboxylic acids is 1. The maximum Gasteiger partial charge on any atom is 0.323 e. The summed E-state index contributed by atoms with van der Waals surface area (Å²) in [6, 6.07) is 16.1. The molecule has 2 aromatic carbocycles. The van der Waals surface area contributed by atoms with Gasteiger partial charge in [-0.1, -0.05) is 48.2 Å². The Kier molecular flexibility index (Phi) is 4.70. The van der Waals surface area contributed by atoms with E-state index in [1.54, 1.807) is 11.8 Å². The molecule has 0 amide bonds. The Balaban J connectivity index is 1.73. The van der Waals surface area contributed by atoms with Gasteiger partial charge in [-0.2, -0.15) is 0 Å². The van der Waals surface area contributed by atoms with Gasteiger partial charge in [-0.05, 0) is 35.9 Å². The number of hydrogen-bond acceptors (Lipinski definition) is 5. The number of benzene rings is 2. The van der Waals surface area contributed by atoms with E-state index < -0.39 is 0 Å². The monoisotopic (exact) mass is 367 g/mol. The van der Waals surface area contributed by atoms with Crippen LogP contribution in [0.15, 0.2) is 53.7 Å². The van der Waals surface area contributed by atoms with Crippen molar-refractivity contribution in [1.29, 1.82) is 0 Å². The molecule has 1 atom stereocenters. The van der Waals surface area contributed by atoms with Crippen LogP contribution in [0.4, 0.5) is 0 Å². The van der Waals surface area contributed by atoms with Gasteiger partial charge in [-0.15, -0.1) is 0 Å². The highest BCUT2D eigenvalue weighted by Crippen LogP contribution is 2.28. The van der Waals surface area contributed by atoms with Gasteiger partial charge >= 0.3 is 5.97 Å². The molecule has 0 N–H and O–H groups in total. The Morgan fingerprint density at radius 1 is 1.19 bits per heavy atom. The van der Waals surface area contributed by atoms with Crippen LogP contribution in [0.1, 0.15) is 11.1 Å². The molecule has 0 fully saturated rings. The number of rotatable bonds is 4. The van der Waals surface area contributed by atoms with Crippen molar-refractivity contribution in [3.05, 3.63) is 59.7 Å². The predicted molar refractivity (Wildman–Crippen MR) is 103 cm³/mol. The first-order valence-corrected chi connectivity index (χ1v) is 9.81. The molecule has 1 aliphatic heterocycles. The molecule has 1 aromatic heterocycles. The van der Waals surface area contributed by atoms with Gasteiger partial charge in [0.25, 0.3) is 0 Å². The van der Waals surface area contributed by atoms with Crippen molar-refractivity contribution < 1.29 is 9.53 Å². The smallest absolute Gasteiger partial charge is 0.323 e. The van der Waals surface area contributed by atoms with Crippen LogP contribution in [-0.4, -0.2) is 39.8 Å². The van der Waals surface area contributed by atoms with Gasteiger partial charge < -0.3 is 9.30 Å². The Labute approximate surface area is 157 Å².